The third-order valence-electron chi connectivity index (χ3n) is 3.13. The highest BCUT2D eigenvalue weighted by molar-refractivity contribution is 5.86. The molecule has 4 heteroatoms. The van der Waals surface area contributed by atoms with Crippen molar-refractivity contribution in [3.8, 4) is 0 Å². The lowest BCUT2D eigenvalue weighted by atomic mass is 10.0. The third-order valence-corrected chi connectivity index (χ3v) is 3.13. The van der Waals surface area contributed by atoms with Gasteiger partial charge in [-0.3, -0.25) is 0 Å². The standard InChI is InChI=1S/C14H20N2O2/c1-10(2)11(3)16(4)14-12(6-5-9-15-14)7-8-13(17)18/h5-11H,1-4H3,(H,17,18)/b8-7+. The second kappa shape index (κ2) is 6.19. The summed E-state index contributed by atoms with van der Waals surface area (Å²) in [5.74, 6) is 0.342. The van der Waals surface area contributed by atoms with E-state index >= 15 is 0 Å². The van der Waals surface area contributed by atoms with E-state index in [-0.39, 0.29) is 0 Å². The van der Waals surface area contributed by atoms with Crippen LogP contribution in [0.1, 0.15) is 26.3 Å². The Hall–Kier alpha value is -1.84. The van der Waals surface area contributed by atoms with Gasteiger partial charge in [-0.15, -0.1) is 0 Å². The maximum absolute atomic E-state index is 10.6. The lowest BCUT2D eigenvalue weighted by Crippen LogP contribution is -2.34. The lowest BCUT2D eigenvalue weighted by molar-refractivity contribution is -0.131. The number of carboxylic acid groups (broad SMARTS) is 1. The first-order valence-electron chi connectivity index (χ1n) is 6.02. The van der Waals surface area contributed by atoms with Crippen LogP contribution in [0.15, 0.2) is 24.4 Å². The molecule has 0 aliphatic carbocycles. The predicted octanol–water partition coefficient (Wildman–Crippen LogP) is 2.66. The van der Waals surface area contributed by atoms with Gasteiger partial charge >= 0.3 is 5.97 Å². The van der Waals surface area contributed by atoms with Gasteiger partial charge in [0.25, 0.3) is 0 Å². The van der Waals surface area contributed by atoms with Crippen LogP contribution >= 0.6 is 0 Å². The monoisotopic (exact) mass is 248 g/mol. The molecule has 0 radical (unpaired) electrons. The fourth-order valence-electron chi connectivity index (χ4n) is 1.64. The molecule has 18 heavy (non-hydrogen) atoms. The molecule has 0 aromatic carbocycles. The van der Waals surface area contributed by atoms with E-state index in [0.29, 0.717) is 12.0 Å². The molecule has 0 fully saturated rings. The highest BCUT2D eigenvalue weighted by Gasteiger charge is 2.16. The summed E-state index contributed by atoms with van der Waals surface area (Å²) in [6.45, 7) is 6.43. The molecular formula is C14H20N2O2. The van der Waals surface area contributed by atoms with E-state index in [9.17, 15) is 4.79 Å². The second-order valence-corrected chi connectivity index (χ2v) is 4.68. The molecule has 0 aliphatic rings. The van der Waals surface area contributed by atoms with E-state index in [1.807, 2.05) is 13.1 Å². The molecule has 0 saturated carbocycles. The number of rotatable bonds is 5. The van der Waals surface area contributed by atoms with Crippen LogP contribution in [-0.2, 0) is 4.79 Å². The van der Waals surface area contributed by atoms with Gasteiger partial charge in [-0.1, -0.05) is 13.8 Å². The zero-order chi connectivity index (χ0) is 13.7. The quantitative estimate of drug-likeness (QED) is 0.814. The summed E-state index contributed by atoms with van der Waals surface area (Å²) in [4.78, 5) is 17.0. The van der Waals surface area contributed by atoms with Crippen molar-refractivity contribution in [2.24, 2.45) is 5.92 Å². The Labute approximate surface area is 108 Å². The normalized spacial score (nSPS) is 12.9. The summed E-state index contributed by atoms with van der Waals surface area (Å²) < 4.78 is 0. The minimum Gasteiger partial charge on any atom is -0.478 e. The molecule has 0 spiro atoms. The van der Waals surface area contributed by atoms with Gasteiger partial charge in [0.05, 0.1) is 0 Å². The summed E-state index contributed by atoms with van der Waals surface area (Å²) in [7, 11) is 1.98. The molecule has 4 nitrogen and oxygen atoms in total. The molecule has 1 aromatic heterocycles. The highest BCUT2D eigenvalue weighted by atomic mass is 16.4. The molecule has 0 bridgehead atoms. The number of aliphatic carboxylic acids is 1. The Morgan fingerprint density at radius 2 is 2.11 bits per heavy atom. The van der Waals surface area contributed by atoms with E-state index in [4.69, 9.17) is 5.11 Å². The van der Waals surface area contributed by atoms with Gasteiger partial charge in [-0.05, 0) is 31.1 Å². The molecule has 1 unspecified atom stereocenters. The Morgan fingerprint density at radius 1 is 1.44 bits per heavy atom. The minimum atomic E-state index is -0.954. The molecule has 1 rings (SSSR count). The Kier molecular flexibility index (Phi) is 4.89. The molecule has 0 amide bonds. The van der Waals surface area contributed by atoms with E-state index in [0.717, 1.165) is 17.5 Å². The molecule has 1 N–H and O–H groups in total. The van der Waals surface area contributed by atoms with Crippen molar-refractivity contribution in [2.75, 3.05) is 11.9 Å². The first-order chi connectivity index (χ1) is 8.43. The van der Waals surface area contributed by atoms with Gasteiger partial charge in [0.1, 0.15) is 5.82 Å². The Morgan fingerprint density at radius 3 is 2.67 bits per heavy atom. The molecule has 1 heterocycles. The molecule has 98 valence electrons. The SMILES string of the molecule is CC(C)C(C)N(C)c1ncccc1/C=C/C(=O)O. The first kappa shape index (κ1) is 14.2. The topological polar surface area (TPSA) is 53.4 Å². The third kappa shape index (κ3) is 3.58. The molecule has 0 saturated heterocycles. The number of aromatic nitrogens is 1. The number of nitrogens with zero attached hydrogens (tertiary/aromatic N) is 2. The smallest absolute Gasteiger partial charge is 0.328 e. The van der Waals surface area contributed by atoms with E-state index < -0.39 is 5.97 Å². The van der Waals surface area contributed by atoms with Crippen LogP contribution in [-0.4, -0.2) is 29.1 Å². The summed E-state index contributed by atoms with van der Waals surface area (Å²) in [6, 6.07) is 4.00. The average Bonchev–Trinajstić information content (AvgIpc) is 2.34. The van der Waals surface area contributed by atoms with Crippen molar-refractivity contribution in [1.82, 2.24) is 4.98 Å². The summed E-state index contributed by atoms with van der Waals surface area (Å²) in [5.41, 5.74) is 0.815. The van der Waals surface area contributed by atoms with Crippen molar-refractivity contribution >= 4 is 17.9 Å². The molecular weight excluding hydrogens is 228 g/mol. The second-order valence-electron chi connectivity index (χ2n) is 4.68. The number of carbonyl (C=O) groups is 1. The molecule has 0 aliphatic heterocycles. The Balaban J connectivity index is 3.05. The van der Waals surface area contributed by atoms with Crippen LogP contribution in [0.4, 0.5) is 5.82 Å². The van der Waals surface area contributed by atoms with Crippen molar-refractivity contribution < 1.29 is 9.90 Å². The highest BCUT2D eigenvalue weighted by Crippen LogP contribution is 2.22. The van der Waals surface area contributed by atoms with Crippen LogP contribution in [0.2, 0.25) is 0 Å². The Bertz CT molecular complexity index is 441. The predicted molar refractivity (Wildman–Crippen MR) is 73.6 cm³/mol. The van der Waals surface area contributed by atoms with Gasteiger partial charge in [0.15, 0.2) is 0 Å². The number of anilines is 1. The van der Waals surface area contributed by atoms with Crippen molar-refractivity contribution in [3.63, 3.8) is 0 Å². The van der Waals surface area contributed by atoms with Crippen molar-refractivity contribution in [1.29, 1.82) is 0 Å². The van der Waals surface area contributed by atoms with Crippen molar-refractivity contribution in [3.05, 3.63) is 30.0 Å². The van der Waals surface area contributed by atoms with Gasteiger partial charge in [0, 0.05) is 30.9 Å². The van der Waals surface area contributed by atoms with Crippen LogP contribution in [0, 0.1) is 5.92 Å². The van der Waals surface area contributed by atoms with Gasteiger partial charge < -0.3 is 10.0 Å². The maximum atomic E-state index is 10.6. The molecule has 1 aromatic rings. The van der Waals surface area contributed by atoms with Crippen LogP contribution in [0.3, 0.4) is 0 Å². The van der Waals surface area contributed by atoms with E-state index in [2.05, 4.69) is 30.7 Å². The van der Waals surface area contributed by atoms with Gasteiger partial charge in [-0.2, -0.15) is 0 Å². The number of pyridine rings is 1. The summed E-state index contributed by atoms with van der Waals surface area (Å²) >= 11 is 0. The zero-order valence-electron chi connectivity index (χ0n) is 11.3. The van der Waals surface area contributed by atoms with Crippen LogP contribution in [0.25, 0.3) is 6.08 Å². The van der Waals surface area contributed by atoms with Crippen LogP contribution < -0.4 is 4.90 Å². The lowest BCUT2D eigenvalue weighted by Gasteiger charge is -2.30. The number of hydrogen-bond donors (Lipinski definition) is 1. The number of carboxylic acids is 1. The van der Waals surface area contributed by atoms with Gasteiger partial charge in [0.2, 0.25) is 0 Å². The van der Waals surface area contributed by atoms with E-state index in [1.165, 1.54) is 0 Å². The fraction of sp³-hybridized carbons (Fsp3) is 0.429. The van der Waals surface area contributed by atoms with E-state index in [1.54, 1.807) is 18.3 Å². The first-order valence-corrected chi connectivity index (χ1v) is 6.02. The largest absolute Gasteiger partial charge is 0.478 e. The summed E-state index contributed by atoms with van der Waals surface area (Å²) in [6.07, 6.45) is 4.43. The minimum absolute atomic E-state index is 0.330. The summed E-state index contributed by atoms with van der Waals surface area (Å²) in [5, 5.41) is 8.68. The van der Waals surface area contributed by atoms with Crippen molar-refractivity contribution in [2.45, 2.75) is 26.8 Å². The van der Waals surface area contributed by atoms with Crippen LogP contribution in [0.5, 0.6) is 0 Å². The zero-order valence-corrected chi connectivity index (χ0v) is 11.3. The van der Waals surface area contributed by atoms with Gasteiger partial charge in [-0.25, -0.2) is 9.78 Å². The fourth-order valence-corrected chi connectivity index (χ4v) is 1.64. The molecule has 1 atom stereocenters. The maximum Gasteiger partial charge on any atom is 0.328 e. The number of hydrogen-bond acceptors (Lipinski definition) is 3. The average molecular weight is 248 g/mol.